The maximum absolute atomic E-state index is 5.88. The number of nitrogens with zero attached hydrogens (tertiary/aromatic N) is 3. The number of nitrogens with one attached hydrogen (secondary N) is 2. The first-order chi connectivity index (χ1) is 16.2. The molecule has 7 heteroatoms. The molecule has 2 atom stereocenters. The van der Waals surface area contributed by atoms with Gasteiger partial charge in [0.1, 0.15) is 17.3 Å². The summed E-state index contributed by atoms with van der Waals surface area (Å²) in [6.07, 6.45) is 10.1. The normalized spacial score (nSPS) is 17.9. The predicted molar refractivity (Wildman–Crippen MR) is 128 cm³/mol. The molecule has 6 rings (SSSR count). The van der Waals surface area contributed by atoms with Gasteiger partial charge in [0.15, 0.2) is 0 Å². The van der Waals surface area contributed by atoms with Crippen LogP contribution in [0.5, 0.6) is 11.5 Å². The molecule has 4 aromatic rings. The fourth-order valence-corrected chi connectivity index (χ4v) is 3.66. The summed E-state index contributed by atoms with van der Waals surface area (Å²) >= 11 is 0. The fourth-order valence-electron chi connectivity index (χ4n) is 3.66. The van der Waals surface area contributed by atoms with Gasteiger partial charge >= 0.3 is 0 Å². The quantitative estimate of drug-likeness (QED) is 0.365. The highest BCUT2D eigenvalue weighted by Crippen LogP contribution is 2.29. The van der Waals surface area contributed by atoms with Crippen molar-refractivity contribution >= 4 is 22.4 Å². The van der Waals surface area contributed by atoms with E-state index in [9.17, 15) is 0 Å². The number of hydrogen-bond donors (Lipinski definition) is 2. The Morgan fingerprint density at radius 2 is 1.94 bits per heavy atom. The van der Waals surface area contributed by atoms with Crippen LogP contribution < -0.4 is 15.4 Å². The molecule has 2 N–H and O–H groups in total. The van der Waals surface area contributed by atoms with Crippen LogP contribution in [0.2, 0.25) is 0 Å². The number of pyridine rings is 1. The molecule has 0 bridgehead atoms. The van der Waals surface area contributed by atoms with Crippen molar-refractivity contribution in [3.05, 3.63) is 78.4 Å². The zero-order chi connectivity index (χ0) is 22.6. The second-order valence-electron chi connectivity index (χ2n) is 7.82. The van der Waals surface area contributed by atoms with Crippen LogP contribution in [0.1, 0.15) is 11.4 Å². The average molecular weight is 438 g/mol. The Morgan fingerprint density at radius 1 is 1.09 bits per heavy atom. The van der Waals surface area contributed by atoms with Crippen LogP contribution in [-0.2, 0) is 4.74 Å². The van der Waals surface area contributed by atoms with Crippen LogP contribution in [0.4, 0.5) is 11.5 Å². The second kappa shape index (κ2) is 9.25. The summed E-state index contributed by atoms with van der Waals surface area (Å²) in [5, 5.41) is 7.44. The Hall–Kier alpha value is -3.99. The van der Waals surface area contributed by atoms with E-state index in [1.54, 1.807) is 12.4 Å². The van der Waals surface area contributed by atoms with E-state index in [1.165, 1.54) is 0 Å². The first-order valence-electron chi connectivity index (χ1n) is 10.7. The number of hydrogen-bond acceptors (Lipinski definition) is 7. The molecule has 33 heavy (non-hydrogen) atoms. The number of para-hydroxylation sites is 1. The Kier molecular flexibility index (Phi) is 5.85. The SMILES string of the molecule is C#Cc1nc(Nc2ccc(Oc3cccnc3)c(C)c2)c2ccccc2n1.C1NCC2OC12. The number of morpholine rings is 1. The van der Waals surface area contributed by atoms with Crippen molar-refractivity contribution in [1.29, 1.82) is 0 Å². The molecule has 2 aromatic carbocycles. The van der Waals surface area contributed by atoms with Crippen LogP contribution in [0, 0.1) is 19.3 Å². The number of epoxide rings is 1. The van der Waals surface area contributed by atoms with Crippen molar-refractivity contribution < 1.29 is 9.47 Å². The first kappa shape index (κ1) is 20.9. The summed E-state index contributed by atoms with van der Waals surface area (Å²) in [6, 6.07) is 17.3. The van der Waals surface area contributed by atoms with Gasteiger partial charge in [-0.1, -0.05) is 12.1 Å². The van der Waals surface area contributed by atoms with E-state index in [4.69, 9.17) is 15.9 Å². The van der Waals surface area contributed by atoms with Gasteiger partial charge in [-0.05, 0) is 60.9 Å². The van der Waals surface area contributed by atoms with E-state index in [1.807, 2.05) is 61.5 Å². The topological polar surface area (TPSA) is 84.5 Å². The third kappa shape index (κ3) is 4.93. The van der Waals surface area contributed by atoms with Crippen LogP contribution in [0.15, 0.2) is 67.0 Å². The Balaban J connectivity index is 0.000000324. The Morgan fingerprint density at radius 3 is 2.61 bits per heavy atom. The van der Waals surface area contributed by atoms with Gasteiger partial charge in [0.2, 0.25) is 5.82 Å². The number of rotatable bonds is 4. The molecule has 2 aliphatic rings. The lowest BCUT2D eigenvalue weighted by atomic mass is 10.2. The summed E-state index contributed by atoms with van der Waals surface area (Å²) in [5.41, 5.74) is 2.67. The van der Waals surface area contributed by atoms with Gasteiger partial charge in [0.25, 0.3) is 0 Å². The van der Waals surface area contributed by atoms with Crippen LogP contribution in [0.25, 0.3) is 10.9 Å². The molecule has 0 saturated carbocycles. The molecule has 2 aromatic heterocycles. The second-order valence-corrected chi connectivity index (χ2v) is 7.82. The van der Waals surface area contributed by atoms with E-state index in [-0.39, 0.29) is 0 Å². The van der Waals surface area contributed by atoms with Gasteiger partial charge in [0, 0.05) is 30.4 Å². The average Bonchev–Trinajstić information content (AvgIpc) is 3.45. The molecule has 4 heterocycles. The minimum Gasteiger partial charge on any atom is -0.455 e. The molecule has 2 fully saturated rings. The third-order valence-corrected chi connectivity index (χ3v) is 5.41. The molecule has 2 unspecified atom stereocenters. The highest BCUT2D eigenvalue weighted by molar-refractivity contribution is 5.91. The molecular weight excluding hydrogens is 414 g/mol. The van der Waals surface area contributed by atoms with E-state index in [0.29, 0.717) is 29.6 Å². The van der Waals surface area contributed by atoms with E-state index in [2.05, 4.69) is 31.5 Å². The van der Waals surface area contributed by atoms with Crippen LogP contribution >= 0.6 is 0 Å². The number of aryl methyl sites for hydroxylation is 1. The smallest absolute Gasteiger partial charge is 0.207 e. The summed E-state index contributed by atoms with van der Waals surface area (Å²) in [5.74, 6) is 5.00. The van der Waals surface area contributed by atoms with Crippen molar-refractivity contribution in [3.8, 4) is 23.8 Å². The van der Waals surface area contributed by atoms with Gasteiger partial charge in [-0.2, -0.15) is 0 Å². The molecule has 2 saturated heterocycles. The molecule has 0 radical (unpaired) electrons. The fraction of sp³-hybridized carbons (Fsp3) is 0.192. The largest absolute Gasteiger partial charge is 0.455 e. The minimum absolute atomic E-state index is 0.351. The predicted octanol–water partition coefficient (Wildman–Crippen LogP) is 4.21. The minimum atomic E-state index is 0.351. The molecule has 2 aliphatic heterocycles. The van der Waals surface area contributed by atoms with Gasteiger partial charge in [0.05, 0.1) is 23.9 Å². The van der Waals surface area contributed by atoms with Gasteiger partial charge in [-0.3, -0.25) is 4.98 Å². The number of anilines is 2. The van der Waals surface area contributed by atoms with E-state index < -0.39 is 0 Å². The molecule has 0 amide bonds. The van der Waals surface area contributed by atoms with Crippen molar-refractivity contribution in [2.45, 2.75) is 19.1 Å². The Bertz CT molecular complexity index is 1310. The lowest BCUT2D eigenvalue weighted by Gasteiger charge is -2.12. The van der Waals surface area contributed by atoms with Gasteiger partial charge in [-0.15, -0.1) is 6.42 Å². The third-order valence-electron chi connectivity index (χ3n) is 5.41. The van der Waals surface area contributed by atoms with Crippen LogP contribution in [0.3, 0.4) is 0 Å². The monoisotopic (exact) mass is 437 g/mol. The molecular formula is C26H23N5O2. The number of ether oxygens (including phenoxy) is 2. The van der Waals surface area contributed by atoms with Crippen LogP contribution in [-0.4, -0.2) is 40.2 Å². The lowest BCUT2D eigenvalue weighted by molar-refractivity contribution is 0.331. The van der Waals surface area contributed by atoms with Gasteiger partial charge < -0.3 is 20.1 Å². The standard InChI is InChI=1S/C22H16N4O.C4H7NO/c1-3-21-25-19-9-5-4-8-18(19)22(26-21)24-16-10-11-20(15(2)13-16)27-17-7-6-12-23-14-17;1-3-4(6-3)2-5-1/h1,4-14H,2H3,(H,24,25,26);3-5H,1-2H2. The highest BCUT2D eigenvalue weighted by atomic mass is 16.6. The summed E-state index contributed by atoms with van der Waals surface area (Å²) < 4.78 is 11.0. The van der Waals surface area contributed by atoms with Crippen molar-refractivity contribution in [1.82, 2.24) is 20.3 Å². The van der Waals surface area contributed by atoms with Crippen molar-refractivity contribution in [3.63, 3.8) is 0 Å². The highest BCUT2D eigenvalue weighted by Gasteiger charge is 2.42. The van der Waals surface area contributed by atoms with Crippen molar-refractivity contribution in [2.24, 2.45) is 0 Å². The number of aromatic nitrogens is 3. The Labute approximate surface area is 192 Å². The zero-order valence-corrected chi connectivity index (χ0v) is 18.2. The maximum Gasteiger partial charge on any atom is 0.207 e. The lowest BCUT2D eigenvalue weighted by Crippen LogP contribution is -2.13. The molecule has 0 aliphatic carbocycles. The maximum atomic E-state index is 5.88. The summed E-state index contributed by atoms with van der Waals surface area (Å²) in [4.78, 5) is 12.9. The summed E-state index contributed by atoms with van der Waals surface area (Å²) in [6.45, 7) is 4.16. The van der Waals surface area contributed by atoms with Gasteiger partial charge in [-0.25, -0.2) is 9.97 Å². The summed E-state index contributed by atoms with van der Waals surface area (Å²) in [7, 11) is 0. The zero-order valence-electron chi connectivity index (χ0n) is 18.2. The number of fused-ring (bicyclic) bond motifs is 2. The van der Waals surface area contributed by atoms with Crippen molar-refractivity contribution in [2.75, 3.05) is 18.4 Å². The molecule has 164 valence electrons. The number of benzene rings is 2. The molecule has 7 nitrogen and oxygen atoms in total. The first-order valence-corrected chi connectivity index (χ1v) is 10.7. The van der Waals surface area contributed by atoms with E-state index >= 15 is 0 Å². The molecule has 0 spiro atoms. The number of terminal acetylenes is 1. The van der Waals surface area contributed by atoms with E-state index in [0.717, 1.165) is 41.0 Å².